The maximum atomic E-state index is 5.28. The molecular formula is C22H29IN6O. The molecule has 0 radical (unpaired) electrons. The Hall–Kier alpha value is -2.62. The summed E-state index contributed by atoms with van der Waals surface area (Å²) >= 11 is 0. The third-order valence-corrected chi connectivity index (χ3v) is 4.39. The number of nitrogens with one attached hydrogen (secondary N) is 2. The van der Waals surface area contributed by atoms with Gasteiger partial charge in [-0.25, -0.2) is 14.7 Å². The SMILES string of the molecule is CCNC(=NCc1ccc(-n2nc(C)cc2C)nc1)NCc1cccc(OC)c1.I. The summed E-state index contributed by atoms with van der Waals surface area (Å²) in [4.78, 5) is 9.20. The average Bonchev–Trinajstić information content (AvgIpc) is 3.08. The highest BCUT2D eigenvalue weighted by Crippen LogP contribution is 2.12. The van der Waals surface area contributed by atoms with E-state index in [1.165, 1.54) is 0 Å². The highest BCUT2D eigenvalue weighted by Gasteiger charge is 2.05. The van der Waals surface area contributed by atoms with Gasteiger partial charge in [-0.15, -0.1) is 24.0 Å². The van der Waals surface area contributed by atoms with Gasteiger partial charge in [0, 0.05) is 25.0 Å². The first-order valence-electron chi connectivity index (χ1n) is 9.72. The summed E-state index contributed by atoms with van der Waals surface area (Å²) in [6.07, 6.45) is 1.85. The van der Waals surface area contributed by atoms with Crippen molar-refractivity contribution < 1.29 is 4.74 Å². The number of pyridine rings is 1. The van der Waals surface area contributed by atoms with Crippen molar-refractivity contribution in [3.8, 4) is 11.6 Å². The number of ether oxygens (including phenoxy) is 1. The Labute approximate surface area is 195 Å². The summed E-state index contributed by atoms with van der Waals surface area (Å²) in [5, 5.41) is 11.1. The number of nitrogens with zero attached hydrogens (tertiary/aromatic N) is 4. The lowest BCUT2D eigenvalue weighted by atomic mass is 10.2. The number of guanidine groups is 1. The van der Waals surface area contributed by atoms with E-state index in [1.807, 2.05) is 68.0 Å². The summed E-state index contributed by atoms with van der Waals surface area (Å²) in [5.74, 6) is 2.42. The van der Waals surface area contributed by atoms with Crippen molar-refractivity contribution in [1.29, 1.82) is 0 Å². The van der Waals surface area contributed by atoms with Crippen LogP contribution in [0.2, 0.25) is 0 Å². The first kappa shape index (κ1) is 23.7. The Morgan fingerprint density at radius 3 is 2.57 bits per heavy atom. The molecule has 0 aliphatic heterocycles. The second-order valence-electron chi connectivity index (χ2n) is 6.76. The molecule has 0 spiro atoms. The highest BCUT2D eigenvalue weighted by atomic mass is 127. The Morgan fingerprint density at radius 2 is 1.93 bits per heavy atom. The minimum atomic E-state index is 0. The van der Waals surface area contributed by atoms with Crippen LogP contribution in [0.25, 0.3) is 5.82 Å². The number of aryl methyl sites for hydroxylation is 2. The van der Waals surface area contributed by atoms with Crippen LogP contribution in [0.5, 0.6) is 5.75 Å². The lowest BCUT2D eigenvalue weighted by Gasteiger charge is -2.12. The van der Waals surface area contributed by atoms with Gasteiger partial charge in [0.1, 0.15) is 5.75 Å². The molecule has 0 bridgehead atoms. The molecule has 160 valence electrons. The minimum absolute atomic E-state index is 0. The fraction of sp³-hybridized carbons (Fsp3) is 0.318. The van der Waals surface area contributed by atoms with Crippen LogP contribution in [0, 0.1) is 13.8 Å². The van der Waals surface area contributed by atoms with Gasteiger partial charge in [0.2, 0.25) is 0 Å². The predicted octanol–water partition coefficient (Wildman–Crippen LogP) is 3.77. The van der Waals surface area contributed by atoms with Crippen molar-refractivity contribution in [1.82, 2.24) is 25.4 Å². The molecule has 1 aromatic carbocycles. The van der Waals surface area contributed by atoms with E-state index in [9.17, 15) is 0 Å². The van der Waals surface area contributed by atoms with Gasteiger partial charge in [0.25, 0.3) is 0 Å². The van der Waals surface area contributed by atoms with Gasteiger partial charge in [-0.05, 0) is 56.2 Å². The molecule has 3 rings (SSSR count). The number of hydrogen-bond acceptors (Lipinski definition) is 4. The molecule has 0 fully saturated rings. The van der Waals surface area contributed by atoms with Gasteiger partial charge in [-0.1, -0.05) is 18.2 Å². The largest absolute Gasteiger partial charge is 0.497 e. The number of rotatable bonds is 7. The van der Waals surface area contributed by atoms with E-state index in [0.717, 1.165) is 46.6 Å². The van der Waals surface area contributed by atoms with Crippen LogP contribution in [-0.2, 0) is 13.1 Å². The first-order chi connectivity index (χ1) is 14.1. The molecule has 30 heavy (non-hydrogen) atoms. The molecule has 2 heterocycles. The van der Waals surface area contributed by atoms with E-state index in [4.69, 9.17) is 4.74 Å². The van der Waals surface area contributed by atoms with Gasteiger partial charge in [-0.3, -0.25) is 0 Å². The number of methoxy groups -OCH3 is 1. The maximum Gasteiger partial charge on any atom is 0.191 e. The Kier molecular flexibility index (Phi) is 9.10. The van der Waals surface area contributed by atoms with Crippen molar-refractivity contribution in [3.63, 3.8) is 0 Å². The van der Waals surface area contributed by atoms with E-state index in [-0.39, 0.29) is 24.0 Å². The van der Waals surface area contributed by atoms with Gasteiger partial charge >= 0.3 is 0 Å². The van der Waals surface area contributed by atoms with E-state index in [0.29, 0.717) is 13.1 Å². The van der Waals surface area contributed by atoms with Gasteiger partial charge in [-0.2, -0.15) is 5.10 Å². The van der Waals surface area contributed by atoms with Crippen LogP contribution in [0.1, 0.15) is 29.4 Å². The number of hydrogen-bond donors (Lipinski definition) is 2. The normalized spacial score (nSPS) is 11.0. The number of aliphatic imine (C=N–C) groups is 1. The third kappa shape index (κ3) is 6.45. The van der Waals surface area contributed by atoms with Crippen molar-refractivity contribution in [3.05, 3.63) is 71.2 Å². The third-order valence-electron chi connectivity index (χ3n) is 4.39. The molecule has 0 aliphatic rings. The Bertz CT molecular complexity index is 968. The van der Waals surface area contributed by atoms with Crippen molar-refractivity contribution in [2.75, 3.05) is 13.7 Å². The van der Waals surface area contributed by atoms with Crippen molar-refractivity contribution >= 4 is 29.9 Å². The number of halogens is 1. The fourth-order valence-corrected chi connectivity index (χ4v) is 2.98. The zero-order valence-corrected chi connectivity index (χ0v) is 20.2. The molecule has 0 amide bonds. The predicted molar refractivity (Wildman–Crippen MR) is 131 cm³/mol. The summed E-state index contributed by atoms with van der Waals surface area (Å²) in [6, 6.07) is 14.0. The monoisotopic (exact) mass is 520 g/mol. The molecular weight excluding hydrogens is 491 g/mol. The zero-order chi connectivity index (χ0) is 20.6. The molecule has 7 nitrogen and oxygen atoms in total. The van der Waals surface area contributed by atoms with Crippen LogP contribution in [0.3, 0.4) is 0 Å². The summed E-state index contributed by atoms with van der Waals surface area (Å²) < 4.78 is 7.13. The van der Waals surface area contributed by atoms with Crippen molar-refractivity contribution in [2.24, 2.45) is 4.99 Å². The van der Waals surface area contributed by atoms with E-state index >= 15 is 0 Å². The quantitative estimate of drug-likeness (QED) is 0.282. The summed E-state index contributed by atoms with van der Waals surface area (Å²) in [6.45, 7) is 8.05. The van der Waals surface area contributed by atoms with Gasteiger partial charge in [0.05, 0.1) is 19.3 Å². The topological polar surface area (TPSA) is 76.4 Å². The highest BCUT2D eigenvalue weighted by molar-refractivity contribution is 14.0. The van der Waals surface area contributed by atoms with Crippen LogP contribution in [0.4, 0.5) is 0 Å². The Morgan fingerprint density at radius 1 is 1.10 bits per heavy atom. The molecule has 2 aromatic heterocycles. The summed E-state index contributed by atoms with van der Waals surface area (Å²) in [5.41, 5.74) is 4.21. The molecule has 0 saturated carbocycles. The van der Waals surface area contributed by atoms with Crippen LogP contribution in [-0.4, -0.2) is 34.4 Å². The molecule has 0 atom stereocenters. The maximum absolute atomic E-state index is 5.28. The minimum Gasteiger partial charge on any atom is -0.497 e. The van der Waals surface area contributed by atoms with E-state index < -0.39 is 0 Å². The van der Waals surface area contributed by atoms with Gasteiger partial charge in [0.15, 0.2) is 11.8 Å². The number of aromatic nitrogens is 3. The second-order valence-corrected chi connectivity index (χ2v) is 6.76. The lowest BCUT2D eigenvalue weighted by Crippen LogP contribution is -2.36. The standard InChI is InChI=1S/C22H28N6O.HI/c1-5-23-22(25-13-18-7-6-8-20(12-18)29-4)26-15-19-9-10-21(24-14-19)28-17(3)11-16(2)27-28;/h6-12,14H,5,13,15H2,1-4H3,(H2,23,25,26);1H. The summed E-state index contributed by atoms with van der Waals surface area (Å²) in [7, 11) is 1.67. The van der Waals surface area contributed by atoms with E-state index in [1.54, 1.807) is 7.11 Å². The molecule has 0 saturated heterocycles. The fourth-order valence-electron chi connectivity index (χ4n) is 2.98. The zero-order valence-electron chi connectivity index (χ0n) is 17.8. The van der Waals surface area contributed by atoms with Crippen molar-refractivity contribution in [2.45, 2.75) is 33.9 Å². The molecule has 0 aliphatic carbocycles. The number of benzene rings is 1. The lowest BCUT2D eigenvalue weighted by molar-refractivity contribution is 0.414. The van der Waals surface area contributed by atoms with Crippen LogP contribution in [0.15, 0.2) is 53.7 Å². The van der Waals surface area contributed by atoms with Crippen LogP contribution < -0.4 is 15.4 Å². The Balaban J connectivity index is 0.00000320. The first-order valence-corrected chi connectivity index (χ1v) is 9.72. The molecule has 0 unspecified atom stereocenters. The molecule has 8 heteroatoms. The van der Waals surface area contributed by atoms with E-state index in [2.05, 4.69) is 31.8 Å². The average molecular weight is 520 g/mol. The molecule has 3 aromatic rings. The second kappa shape index (κ2) is 11.5. The van der Waals surface area contributed by atoms with Gasteiger partial charge < -0.3 is 15.4 Å². The van der Waals surface area contributed by atoms with Crippen LogP contribution >= 0.6 is 24.0 Å². The smallest absolute Gasteiger partial charge is 0.191 e. The molecule has 2 N–H and O–H groups in total.